The predicted octanol–water partition coefficient (Wildman–Crippen LogP) is 2.69. The normalized spacial score (nSPS) is 15.9. The Labute approximate surface area is 166 Å². The second kappa shape index (κ2) is 9.71. The first-order valence-electron chi connectivity index (χ1n) is 9.53. The van der Waals surface area contributed by atoms with Crippen molar-refractivity contribution >= 4 is 22.0 Å². The number of carbonyl (C=O) groups is 1. The predicted molar refractivity (Wildman–Crippen MR) is 109 cm³/mol. The number of nitrogens with one attached hydrogen (secondary N) is 1. The van der Waals surface area contributed by atoms with Gasteiger partial charge in [-0.1, -0.05) is 30.3 Å². The van der Waals surface area contributed by atoms with Gasteiger partial charge in [0.2, 0.25) is 15.9 Å². The van der Waals surface area contributed by atoms with E-state index in [1.165, 1.54) is 6.08 Å². The summed E-state index contributed by atoms with van der Waals surface area (Å²) in [7, 11) is -3.29. The molecule has 150 valence electrons. The monoisotopic (exact) mass is 402 g/mol. The molecule has 1 fully saturated rings. The van der Waals surface area contributed by atoms with Crippen molar-refractivity contribution in [1.29, 1.82) is 0 Å². The first-order valence-corrected chi connectivity index (χ1v) is 11.2. The van der Waals surface area contributed by atoms with Crippen LogP contribution in [0.2, 0.25) is 0 Å². The van der Waals surface area contributed by atoms with Crippen molar-refractivity contribution in [2.75, 3.05) is 25.4 Å². The third kappa shape index (κ3) is 6.35. The van der Waals surface area contributed by atoms with Gasteiger partial charge in [-0.15, -0.1) is 0 Å². The van der Waals surface area contributed by atoms with Gasteiger partial charge in [0, 0.05) is 25.7 Å². The van der Waals surface area contributed by atoms with Crippen molar-refractivity contribution in [3.05, 3.63) is 66.1 Å². The number of aryl methyl sites for hydroxylation is 1. The molecule has 0 bridgehead atoms. The molecule has 1 N–H and O–H groups in total. The third-order valence-corrected chi connectivity index (χ3v) is 6.30. The number of hydrogen-bond donors (Lipinski definition) is 1. The van der Waals surface area contributed by atoms with Gasteiger partial charge in [-0.25, -0.2) is 13.1 Å². The summed E-state index contributed by atoms with van der Waals surface area (Å²) in [6, 6.07) is 13.2. The van der Waals surface area contributed by atoms with Gasteiger partial charge in [-0.2, -0.15) is 0 Å². The molecule has 2 heterocycles. The molecular formula is C21H26N2O4S. The van der Waals surface area contributed by atoms with Crippen molar-refractivity contribution in [3.63, 3.8) is 0 Å². The summed E-state index contributed by atoms with van der Waals surface area (Å²) in [6.45, 7) is 1.71. The molecule has 0 spiro atoms. The Morgan fingerprint density at radius 1 is 1.14 bits per heavy atom. The topological polar surface area (TPSA) is 79.6 Å². The Bertz CT molecular complexity index is 868. The van der Waals surface area contributed by atoms with Gasteiger partial charge in [0.05, 0.1) is 12.0 Å². The number of hydrogen-bond acceptors (Lipinski definition) is 4. The van der Waals surface area contributed by atoms with E-state index in [1.807, 2.05) is 30.3 Å². The molecule has 1 amide bonds. The molecule has 6 nitrogen and oxygen atoms in total. The fourth-order valence-corrected chi connectivity index (χ4v) is 4.35. The number of carbonyl (C=O) groups excluding carboxylic acids is 1. The minimum absolute atomic E-state index is 0.0432. The highest BCUT2D eigenvalue weighted by Crippen LogP contribution is 2.17. The van der Waals surface area contributed by atoms with Gasteiger partial charge in [-0.05, 0) is 49.0 Å². The van der Waals surface area contributed by atoms with E-state index in [9.17, 15) is 13.2 Å². The van der Waals surface area contributed by atoms with Crippen molar-refractivity contribution in [2.24, 2.45) is 5.92 Å². The molecule has 7 heteroatoms. The van der Waals surface area contributed by atoms with Crippen LogP contribution < -0.4 is 4.72 Å². The number of rotatable bonds is 8. The van der Waals surface area contributed by atoms with Crippen LogP contribution in [0, 0.1) is 5.92 Å². The molecule has 1 aromatic carbocycles. The Balaban J connectivity index is 1.38. The molecule has 1 aromatic heterocycles. The molecule has 28 heavy (non-hydrogen) atoms. The van der Waals surface area contributed by atoms with Crippen LogP contribution in [0.4, 0.5) is 0 Å². The number of benzene rings is 1. The lowest BCUT2D eigenvalue weighted by atomic mass is 9.97. The Kier molecular flexibility index (Phi) is 7.06. The zero-order valence-corrected chi connectivity index (χ0v) is 16.6. The van der Waals surface area contributed by atoms with Crippen LogP contribution in [0.3, 0.4) is 0 Å². The summed E-state index contributed by atoms with van der Waals surface area (Å²) >= 11 is 0. The second-order valence-corrected chi connectivity index (χ2v) is 8.95. The van der Waals surface area contributed by atoms with Crippen LogP contribution >= 0.6 is 0 Å². The summed E-state index contributed by atoms with van der Waals surface area (Å²) < 4.78 is 32.4. The quantitative estimate of drug-likeness (QED) is 0.689. The lowest BCUT2D eigenvalue weighted by molar-refractivity contribution is -0.127. The highest BCUT2D eigenvalue weighted by molar-refractivity contribution is 7.89. The first-order chi connectivity index (χ1) is 13.5. The maximum Gasteiger partial charge on any atom is 0.246 e. The van der Waals surface area contributed by atoms with Crippen LogP contribution in [-0.2, 0) is 21.2 Å². The maximum atomic E-state index is 12.2. The maximum absolute atomic E-state index is 12.2. The number of likely N-dealkylation sites (tertiary alicyclic amines) is 1. The minimum Gasteiger partial charge on any atom is -0.465 e. The van der Waals surface area contributed by atoms with Crippen molar-refractivity contribution in [3.8, 4) is 0 Å². The van der Waals surface area contributed by atoms with Gasteiger partial charge in [0.15, 0.2) is 0 Å². The molecule has 2 aromatic rings. The largest absolute Gasteiger partial charge is 0.465 e. The van der Waals surface area contributed by atoms with Gasteiger partial charge >= 0.3 is 0 Å². The lowest BCUT2D eigenvalue weighted by Crippen LogP contribution is -2.41. The summed E-state index contributed by atoms with van der Waals surface area (Å²) in [5.41, 5.74) is 1.02. The van der Waals surface area contributed by atoms with Crippen molar-refractivity contribution < 1.29 is 17.6 Å². The fraction of sp³-hybridized carbons (Fsp3) is 0.381. The van der Waals surface area contributed by atoms with E-state index in [2.05, 4.69) is 4.72 Å². The Morgan fingerprint density at radius 3 is 2.57 bits per heavy atom. The number of furan rings is 1. The van der Waals surface area contributed by atoms with Gasteiger partial charge in [0.1, 0.15) is 5.76 Å². The zero-order chi connectivity index (χ0) is 19.8. The van der Waals surface area contributed by atoms with E-state index in [1.54, 1.807) is 29.4 Å². The molecule has 0 radical (unpaired) electrons. The Hall–Kier alpha value is -2.38. The van der Waals surface area contributed by atoms with Crippen molar-refractivity contribution in [1.82, 2.24) is 9.62 Å². The molecule has 1 saturated heterocycles. The smallest absolute Gasteiger partial charge is 0.246 e. The van der Waals surface area contributed by atoms with Crippen LogP contribution in [0.1, 0.15) is 24.2 Å². The van der Waals surface area contributed by atoms with E-state index in [-0.39, 0.29) is 17.6 Å². The molecular weight excluding hydrogens is 376 g/mol. The van der Waals surface area contributed by atoms with E-state index in [0.717, 1.165) is 18.4 Å². The highest BCUT2D eigenvalue weighted by atomic mass is 32.2. The van der Waals surface area contributed by atoms with Crippen LogP contribution in [-0.4, -0.2) is 44.6 Å². The molecule has 1 aliphatic heterocycles. The van der Waals surface area contributed by atoms with Crippen molar-refractivity contribution in [2.45, 2.75) is 19.3 Å². The second-order valence-electron chi connectivity index (χ2n) is 7.02. The summed E-state index contributed by atoms with van der Waals surface area (Å²) in [5, 5.41) is 0. The van der Waals surface area contributed by atoms with Crippen LogP contribution in [0.5, 0.6) is 0 Å². The highest BCUT2D eigenvalue weighted by Gasteiger charge is 2.23. The molecule has 1 aliphatic rings. The number of piperidine rings is 1. The van der Waals surface area contributed by atoms with Gasteiger partial charge in [-0.3, -0.25) is 4.79 Å². The average molecular weight is 403 g/mol. The number of sulfonamides is 1. The lowest BCUT2D eigenvalue weighted by Gasteiger charge is -2.31. The third-order valence-electron chi connectivity index (χ3n) is 4.95. The molecule has 0 unspecified atom stereocenters. The first kappa shape index (κ1) is 20.4. The standard InChI is InChI=1S/C21H26N2O4S/c24-21(9-8-20-7-4-15-27-20)23-13-10-19(11-14-23)17-22-28(25,26)16-12-18-5-2-1-3-6-18/h1-9,15,19,22H,10-14,16-17H2/b9-8+. The SMILES string of the molecule is O=C(/C=C/c1ccco1)N1CCC(CNS(=O)(=O)CCc2ccccc2)CC1. The molecule has 0 atom stereocenters. The number of amides is 1. The minimum atomic E-state index is -3.29. The summed E-state index contributed by atoms with van der Waals surface area (Å²) in [5.74, 6) is 0.947. The summed E-state index contributed by atoms with van der Waals surface area (Å²) in [6.07, 6.45) is 6.84. The van der Waals surface area contributed by atoms with E-state index >= 15 is 0 Å². The number of nitrogens with zero attached hydrogens (tertiary/aromatic N) is 1. The molecule has 0 aliphatic carbocycles. The molecule has 0 saturated carbocycles. The fourth-order valence-electron chi connectivity index (χ4n) is 3.22. The van der Waals surface area contributed by atoms with E-state index < -0.39 is 10.0 Å². The van der Waals surface area contributed by atoms with E-state index in [0.29, 0.717) is 31.8 Å². The Morgan fingerprint density at radius 2 is 1.89 bits per heavy atom. The van der Waals surface area contributed by atoms with Crippen LogP contribution in [0.15, 0.2) is 59.2 Å². The van der Waals surface area contributed by atoms with Gasteiger partial charge < -0.3 is 9.32 Å². The van der Waals surface area contributed by atoms with Crippen LogP contribution in [0.25, 0.3) is 6.08 Å². The average Bonchev–Trinajstić information content (AvgIpc) is 3.24. The van der Waals surface area contributed by atoms with E-state index in [4.69, 9.17) is 4.42 Å². The summed E-state index contributed by atoms with van der Waals surface area (Å²) in [4.78, 5) is 14.0. The molecule has 3 rings (SSSR count). The zero-order valence-electron chi connectivity index (χ0n) is 15.8. The van der Waals surface area contributed by atoms with Gasteiger partial charge in [0.25, 0.3) is 0 Å².